The van der Waals surface area contributed by atoms with Crippen molar-refractivity contribution in [3.8, 4) is 11.1 Å². The zero-order valence-electron chi connectivity index (χ0n) is 19.1. The number of nitrogens with zero attached hydrogens (tertiary/aromatic N) is 1. The first-order valence-electron chi connectivity index (χ1n) is 11.5. The molecule has 3 aromatic rings. The van der Waals surface area contributed by atoms with Crippen molar-refractivity contribution >= 4 is 11.8 Å². The van der Waals surface area contributed by atoms with Gasteiger partial charge in [-0.3, -0.25) is 19.8 Å². The van der Waals surface area contributed by atoms with Crippen LogP contribution in [0.1, 0.15) is 30.4 Å². The van der Waals surface area contributed by atoms with Gasteiger partial charge in [0.05, 0.1) is 12.6 Å². The standard InChI is InChI=1S/C27H31N3O4/c31-19-25(16-21-7-5-15-28-18-21)29-27(33)24(17-26(32)30-34)10-4-6-20-11-13-23(14-12-20)22-8-2-1-3-9-22/h1-3,5,7-9,11-15,18,24-25,31,34H,4,6,10,16-17,19H2,(H,29,33)(H,30,32)/t24-,25+/m1/s1. The van der Waals surface area contributed by atoms with Crippen molar-refractivity contribution in [2.75, 3.05) is 6.61 Å². The van der Waals surface area contributed by atoms with Gasteiger partial charge in [0.25, 0.3) is 0 Å². The fourth-order valence-electron chi connectivity index (χ4n) is 3.93. The summed E-state index contributed by atoms with van der Waals surface area (Å²) in [7, 11) is 0. The number of aromatic nitrogens is 1. The Labute approximate surface area is 199 Å². The topological polar surface area (TPSA) is 112 Å². The molecule has 1 aromatic heterocycles. The van der Waals surface area contributed by atoms with Gasteiger partial charge in [0, 0.05) is 24.7 Å². The van der Waals surface area contributed by atoms with E-state index in [9.17, 15) is 14.7 Å². The highest BCUT2D eigenvalue weighted by molar-refractivity contribution is 5.85. The molecule has 0 aliphatic heterocycles. The quantitative estimate of drug-likeness (QED) is 0.244. The normalized spacial score (nSPS) is 12.5. The summed E-state index contributed by atoms with van der Waals surface area (Å²) in [6.07, 6.45) is 5.60. The Morgan fingerprint density at radius 2 is 1.65 bits per heavy atom. The Kier molecular flexibility index (Phi) is 9.76. The molecule has 0 saturated heterocycles. The minimum Gasteiger partial charge on any atom is -0.394 e. The maximum atomic E-state index is 12.9. The first kappa shape index (κ1) is 25.1. The number of pyridine rings is 1. The number of carbonyl (C=O) groups is 2. The van der Waals surface area contributed by atoms with Gasteiger partial charge < -0.3 is 10.4 Å². The van der Waals surface area contributed by atoms with Crippen molar-refractivity contribution in [3.05, 3.63) is 90.3 Å². The summed E-state index contributed by atoms with van der Waals surface area (Å²) in [6, 6.07) is 21.7. The van der Waals surface area contributed by atoms with E-state index >= 15 is 0 Å². The molecule has 2 aromatic carbocycles. The summed E-state index contributed by atoms with van der Waals surface area (Å²) in [5.74, 6) is -1.54. The van der Waals surface area contributed by atoms with Crippen molar-refractivity contribution in [3.63, 3.8) is 0 Å². The molecule has 178 valence electrons. The zero-order chi connectivity index (χ0) is 24.2. The number of benzene rings is 2. The molecule has 7 heteroatoms. The van der Waals surface area contributed by atoms with E-state index in [0.717, 1.165) is 28.7 Å². The molecule has 2 atom stereocenters. The van der Waals surface area contributed by atoms with E-state index in [0.29, 0.717) is 19.3 Å². The lowest BCUT2D eigenvalue weighted by atomic mass is 9.94. The Balaban J connectivity index is 1.56. The number of hydrogen-bond acceptors (Lipinski definition) is 5. The molecule has 0 aliphatic rings. The molecule has 1 heterocycles. The van der Waals surface area contributed by atoms with Gasteiger partial charge in [-0.15, -0.1) is 0 Å². The van der Waals surface area contributed by atoms with Crippen molar-refractivity contribution in [2.24, 2.45) is 5.92 Å². The van der Waals surface area contributed by atoms with Gasteiger partial charge in [-0.05, 0) is 54.0 Å². The fraction of sp³-hybridized carbons (Fsp3) is 0.296. The summed E-state index contributed by atoms with van der Waals surface area (Å²) in [5, 5.41) is 21.5. The SMILES string of the molecule is O=C(C[C@@H](CCCc1ccc(-c2ccccc2)cc1)C(=O)N[C@H](CO)Cc1cccnc1)NO. The van der Waals surface area contributed by atoms with Crippen LogP contribution in [0.3, 0.4) is 0 Å². The molecule has 4 N–H and O–H groups in total. The summed E-state index contributed by atoms with van der Waals surface area (Å²) >= 11 is 0. The number of carbonyl (C=O) groups excluding carboxylic acids is 2. The van der Waals surface area contributed by atoms with Gasteiger partial charge in [0.1, 0.15) is 0 Å². The average Bonchev–Trinajstić information content (AvgIpc) is 2.89. The fourth-order valence-corrected chi connectivity index (χ4v) is 3.93. The molecule has 0 fully saturated rings. The predicted molar refractivity (Wildman–Crippen MR) is 130 cm³/mol. The van der Waals surface area contributed by atoms with E-state index in [2.05, 4.69) is 46.7 Å². The lowest BCUT2D eigenvalue weighted by molar-refractivity contribution is -0.135. The van der Waals surface area contributed by atoms with Crippen LogP contribution in [0.2, 0.25) is 0 Å². The van der Waals surface area contributed by atoms with Crippen LogP contribution in [0.25, 0.3) is 11.1 Å². The second kappa shape index (κ2) is 13.2. The third-order valence-electron chi connectivity index (χ3n) is 5.78. The van der Waals surface area contributed by atoms with Crippen LogP contribution in [-0.4, -0.2) is 39.8 Å². The second-order valence-electron chi connectivity index (χ2n) is 8.34. The molecule has 0 spiro atoms. The van der Waals surface area contributed by atoms with Crippen molar-refractivity contribution in [1.82, 2.24) is 15.8 Å². The number of rotatable bonds is 12. The number of aliphatic hydroxyl groups excluding tert-OH is 1. The van der Waals surface area contributed by atoms with E-state index in [4.69, 9.17) is 5.21 Å². The molecule has 0 saturated carbocycles. The minimum atomic E-state index is -0.612. The lowest BCUT2D eigenvalue weighted by Crippen LogP contribution is -2.43. The third kappa shape index (κ3) is 7.79. The van der Waals surface area contributed by atoms with Gasteiger partial charge >= 0.3 is 0 Å². The molecule has 34 heavy (non-hydrogen) atoms. The highest BCUT2D eigenvalue weighted by atomic mass is 16.5. The molecule has 0 unspecified atom stereocenters. The smallest absolute Gasteiger partial charge is 0.244 e. The first-order chi connectivity index (χ1) is 16.6. The maximum absolute atomic E-state index is 12.9. The van der Waals surface area contributed by atoms with Crippen LogP contribution in [0.5, 0.6) is 0 Å². The van der Waals surface area contributed by atoms with Crippen LogP contribution in [-0.2, 0) is 22.4 Å². The second-order valence-corrected chi connectivity index (χ2v) is 8.34. The summed E-state index contributed by atoms with van der Waals surface area (Å²) in [5.41, 5.74) is 5.95. The van der Waals surface area contributed by atoms with E-state index in [1.54, 1.807) is 23.9 Å². The van der Waals surface area contributed by atoms with Gasteiger partial charge in [-0.1, -0.05) is 60.7 Å². The van der Waals surface area contributed by atoms with Gasteiger partial charge in [0.2, 0.25) is 11.8 Å². The van der Waals surface area contributed by atoms with Crippen molar-refractivity contribution in [2.45, 2.75) is 38.1 Å². The van der Waals surface area contributed by atoms with Crippen LogP contribution in [0, 0.1) is 5.92 Å². The van der Waals surface area contributed by atoms with E-state index < -0.39 is 17.9 Å². The number of amides is 2. The Morgan fingerprint density at radius 3 is 2.29 bits per heavy atom. The molecular weight excluding hydrogens is 430 g/mol. The molecule has 0 aliphatic carbocycles. The molecule has 3 rings (SSSR count). The maximum Gasteiger partial charge on any atom is 0.244 e. The number of aryl methyl sites for hydroxylation is 1. The highest BCUT2D eigenvalue weighted by Gasteiger charge is 2.24. The summed E-state index contributed by atoms with van der Waals surface area (Å²) < 4.78 is 0. The molecule has 0 bridgehead atoms. The first-order valence-corrected chi connectivity index (χ1v) is 11.5. The number of aliphatic hydroxyl groups is 1. The highest BCUT2D eigenvalue weighted by Crippen LogP contribution is 2.21. The van der Waals surface area contributed by atoms with Crippen LogP contribution < -0.4 is 10.8 Å². The Bertz CT molecular complexity index is 1030. The number of hydroxylamine groups is 1. The number of hydrogen-bond donors (Lipinski definition) is 4. The Hall–Kier alpha value is -3.55. The van der Waals surface area contributed by atoms with Crippen LogP contribution >= 0.6 is 0 Å². The third-order valence-corrected chi connectivity index (χ3v) is 5.78. The van der Waals surface area contributed by atoms with Crippen molar-refractivity contribution < 1.29 is 19.9 Å². The molecule has 7 nitrogen and oxygen atoms in total. The van der Waals surface area contributed by atoms with Crippen LogP contribution in [0.15, 0.2) is 79.1 Å². The van der Waals surface area contributed by atoms with Gasteiger partial charge in [0.15, 0.2) is 0 Å². The van der Waals surface area contributed by atoms with Gasteiger partial charge in [-0.25, -0.2) is 5.48 Å². The van der Waals surface area contributed by atoms with E-state index in [1.807, 2.05) is 24.3 Å². The monoisotopic (exact) mass is 461 g/mol. The molecule has 0 radical (unpaired) electrons. The van der Waals surface area contributed by atoms with Crippen LogP contribution in [0.4, 0.5) is 0 Å². The summed E-state index contributed by atoms with van der Waals surface area (Å²) in [4.78, 5) is 28.7. The van der Waals surface area contributed by atoms with E-state index in [-0.39, 0.29) is 18.9 Å². The van der Waals surface area contributed by atoms with E-state index in [1.165, 1.54) is 0 Å². The largest absolute Gasteiger partial charge is 0.394 e. The zero-order valence-corrected chi connectivity index (χ0v) is 19.1. The van der Waals surface area contributed by atoms with Gasteiger partial charge in [-0.2, -0.15) is 0 Å². The minimum absolute atomic E-state index is 0.125. The average molecular weight is 462 g/mol. The lowest BCUT2D eigenvalue weighted by Gasteiger charge is -2.21. The summed E-state index contributed by atoms with van der Waals surface area (Å²) in [6.45, 7) is -0.229. The molecular formula is C27H31N3O4. The number of nitrogens with one attached hydrogen (secondary N) is 2. The van der Waals surface area contributed by atoms with Crippen molar-refractivity contribution in [1.29, 1.82) is 0 Å². The molecule has 2 amide bonds. The Morgan fingerprint density at radius 1 is 0.912 bits per heavy atom. The predicted octanol–water partition coefficient (Wildman–Crippen LogP) is 3.30.